The second-order valence-corrected chi connectivity index (χ2v) is 10.4. The van der Waals surface area contributed by atoms with E-state index < -0.39 is 40.2 Å². The van der Waals surface area contributed by atoms with Gasteiger partial charge in [0.05, 0.1) is 19.1 Å². The molecule has 2 aromatic rings. The highest BCUT2D eigenvalue weighted by Gasteiger charge is 2.31. The van der Waals surface area contributed by atoms with Gasteiger partial charge < -0.3 is 15.0 Å². The van der Waals surface area contributed by atoms with Crippen LogP contribution in [0.1, 0.15) is 26.3 Å². The number of nitrogens with zero attached hydrogens (tertiary/aromatic N) is 2. The van der Waals surface area contributed by atoms with Crippen LogP contribution >= 0.6 is 11.6 Å². The van der Waals surface area contributed by atoms with Gasteiger partial charge in [-0.3, -0.25) is 13.9 Å². The summed E-state index contributed by atoms with van der Waals surface area (Å²) in [7, 11) is -2.61. The summed E-state index contributed by atoms with van der Waals surface area (Å²) in [6, 6.07) is 9.04. The summed E-state index contributed by atoms with van der Waals surface area (Å²) < 4.78 is 45.8. The predicted molar refractivity (Wildman–Crippen MR) is 130 cm³/mol. The molecule has 0 saturated carbocycles. The number of amides is 2. The van der Waals surface area contributed by atoms with Crippen molar-refractivity contribution in [3.05, 3.63) is 58.9 Å². The van der Waals surface area contributed by atoms with Crippen LogP contribution in [0.2, 0.25) is 5.02 Å². The Morgan fingerprint density at radius 3 is 2.35 bits per heavy atom. The number of hydrogen-bond acceptors (Lipinski definition) is 5. The summed E-state index contributed by atoms with van der Waals surface area (Å²) in [5, 5.41) is 2.96. The van der Waals surface area contributed by atoms with E-state index >= 15 is 0 Å². The molecule has 0 radical (unpaired) electrons. The van der Waals surface area contributed by atoms with Gasteiger partial charge in [0.1, 0.15) is 24.2 Å². The van der Waals surface area contributed by atoms with Crippen molar-refractivity contribution < 1.29 is 27.1 Å². The van der Waals surface area contributed by atoms with Crippen LogP contribution in [0.3, 0.4) is 0 Å². The normalized spacial score (nSPS) is 12.2. The third-order valence-electron chi connectivity index (χ3n) is 4.99. The lowest BCUT2D eigenvalue weighted by atomic mass is 10.1. The van der Waals surface area contributed by atoms with E-state index in [4.69, 9.17) is 16.3 Å². The molecule has 8 nitrogen and oxygen atoms in total. The summed E-state index contributed by atoms with van der Waals surface area (Å²) in [6.07, 6.45) is 0.941. The Labute approximate surface area is 204 Å². The monoisotopic (exact) mass is 513 g/mol. The predicted octanol–water partition coefficient (Wildman–Crippen LogP) is 3.20. The standard InChI is InChI=1S/C23H29ClFN3O5S/c1-15(2)26-23(30)16(3)27(13-17-8-6-7-9-19(17)25)22(29)14-28(34(5,31)32)20-12-18(24)10-11-21(20)33-4/h6-12,15-16H,13-14H2,1-5H3,(H,26,30)/t16-/m1/s1. The number of ether oxygens (including phenoxy) is 1. The van der Waals surface area contributed by atoms with Crippen molar-refractivity contribution >= 4 is 39.1 Å². The third kappa shape index (κ3) is 7.07. The van der Waals surface area contributed by atoms with E-state index in [2.05, 4.69) is 5.32 Å². The van der Waals surface area contributed by atoms with Crippen molar-refractivity contribution in [3.8, 4) is 5.75 Å². The smallest absolute Gasteiger partial charge is 0.244 e. The van der Waals surface area contributed by atoms with E-state index in [9.17, 15) is 22.4 Å². The second kappa shape index (κ2) is 11.5. The first-order chi connectivity index (χ1) is 15.8. The molecule has 0 heterocycles. The molecule has 0 bridgehead atoms. The van der Waals surface area contributed by atoms with E-state index in [1.54, 1.807) is 19.9 Å². The topological polar surface area (TPSA) is 96.0 Å². The summed E-state index contributed by atoms with van der Waals surface area (Å²) in [6.45, 7) is 4.15. The average molecular weight is 514 g/mol. The zero-order valence-electron chi connectivity index (χ0n) is 19.7. The largest absolute Gasteiger partial charge is 0.495 e. The molecule has 2 aromatic carbocycles. The van der Waals surface area contributed by atoms with Crippen molar-refractivity contribution in [2.75, 3.05) is 24.2 Å². The Bertz CT molecular complexity index is 1140. The number of sulfonamides is 1. The Hall–Kier alpha value is -2.85. The molecular formula is C23H29ClFN3O5S. The van der Waals surface area contributed by atoms with Gasteiger partial charge in [-0.15, -0.1) is 0 Å². The number of benzene rings is 2. The van der Waals surface area contributed by atoms with Crippen LogP contribution in [-0.2, 0) is 26.2 Å². The van der Waals surface area contributed by atoms with Gasteiger partial charge >= 0.3 is 0 Å². The van der Waals surface area contributed by atoms with Gasteiger partial charge in [0.15, 0.2) is 0 Å². The fraction of sp³-hybridized carbons (Fsp3) is 0.391. The lowest BCUT2D eigenvalue weighted by Crippen LogP contribution is -2.52. The molecule has 2 amide bonds. The van der Waals surface area contributed by atoms with Gasteiger partial charge in [0.2, 0.25) is 21.8 Å². The van der Waals surface area contributed by atoms with Crippen LogP contribution in [0, 0.1) is 5.82 Å². The van der Waals surface area contributed by atoms with Crippen LogP contribution in [0.4, 0.5) is 10.1 Å². The number of rotatable bonds is 10. The van der Waals surface area contributed by atoms with Crippen LogP contribution in [0.5, 0.6) is 5.75 Å². The molecule has 186 valence electrons. The van der Waals surface area contributed by atoms with Gasteiger partial charge in [-0.05, 0) is 45.0 Å². The molecule has 0 aromatic heterocycles. The minimum Gasteiger partial charge on any atom is -0.495 e. The maximum absolute atomic E-state index is 14.4. The van der Waals surface area contributed by atoms with E-state index in [-0.39, 0.29) is 34.6 Å². The van der Waals surface area contributed by atoms with E-state index in [1.165, 1.54) is 50.4 Å². The number of hydrogen-bond donors (Lipinski definition) is 1. The first kappa shape index (κ1) is 27.4. The molecule has 0 aliphatic rings. The summed E-state index contributed by atoms with van der Waals surface area (Å²) in [5.74, 6) is -1.52. The van der Waals surface area contributed by atoms with Gasteiger partial charge in [-0.25, -0.2) is 12.8 Å². The maximum Gasteiger partial charge on any atom is 0.244 e. The van der Waals surface area contributed by atoms with Crippen LogP contribution in [-0.4, -0.2) is 57.1 Å². The molecule has 11 heteroatoms. The summed E-state index contributed by atoms with van der Waals surface area (Å²) in [4.78, 5) is 27.3. The zero-order valence-corrected chi connectivity index (χ0v) is 21.3. The zero-order chi connectivity index (χ0) is 25.6. The van der Waals surface area contributed by atoms with Crippen LogP contribution < -0.4 is 14.4 Å². The third-order valence-corrected chi connectivity index (χ3v) is 6.35. The van der Waals surface area contributed by atoms with Crippen molar-refractivity contribution in [1.29, 1.82) is 0 Å². The van der Waals surface area contributed by atoms with Gasteiger partial charge in [-0.2, -0.15) is 0 Å². The first-order valence-corrected chi connectivity index (χ1v) is 12.7. The lowest BCUT2D eigenvalue weighted by molar-refractivity contribution is -0.139. The highest BCUT2D eigenvalue weighted by atomic mass is 35.5. The Balaban J connectivity index is 2.48. The van der Waals surface area contributed by atoms with Crippen LogP contribution in [0.25, 0.3) is 0 Å². The highest BCUT2D eigenvalue weighted by Crippen LogP contribution is 2.33. The minimum absolute atomic E-state index is 0.0657. The molecule has 0 unspecified atom stereocenters. The molecule has 1 atom stereocenters. The van der Waals surface area contributed by atoms with E-state index in [0.29, 0.717) is 0 Å². The molecule has 0 aliphatic heterocycles. The van der Waals surface area contributed by atoms with Crippen molar-refractivity contribution in [2.45, 2.75) is 39.4 Å². The SMILES string of the molecule is COc1ccc(Cl)cc1N(CC(=O)N(Cc1ccccc1F)[C@H](C)C(=O)NC(C)C)S(C)(=O)=O. The average Bonchev–Trinajstić information content (AvgIpc) is 2.75. The van der Waals surface area contributed by atoms with E-state index in [0.717, 1.165) is 15.5 Å². The Morgan fingerprint density at radius 2 is 1.79 bits per heavy atom. The van der Waals surface area contributed by atoms with Crippen LogP contribution in [0.15, 0.2) is 42.5 Å². The highest BCUT2D eigenvalue weighted by molar-refractivity contribution is 7.92. The number of anilines is 1. The fourth-order valence-electron chi connectivity index (χ4n) is 3.25. The minimum atomic E-state index is -3.97. The molecular weight excluding hydrogens is 485 g/mol. The number of nitrogens with one attached hydrogen (secondary N) is 1. The number of halogens is 2. The Kier molecular flexibility index (Phi) is 9.29. The quantitative estimate of drug-likeness (QED) is 0.526. The molecule has 2 rings (SSSR count). The van der Waals surface area contributed by atoms with Crippen molar-refractivity contribution in [3.63, 3.8) is 0 Å². The van der Waals surface area contributed by atoms with Crippen molar-refractivity contribution in [2.24, 2.45) is 0 Å². The number of carbonyl (C=O) groups is 2. The molecule has 0 fully saturated rings. The fourth-order valence-corrected chi connectivity index (χ4v) is 4.26. The van der Waals surface area contributed by atoms with Crippen molar-refractivity contribution in [1.82, 2.24) is 10.2 Å². The number of methoxy groups -OCH3 is 1. The van der Waals surface area contributed by atoms with Gasteiger partial charge in [0.25, 0.3) is 0 Å². The molecule has 1 N–H and O–H groups in total. The first-order valence-electron chi connectivity index (χ1n) is 10.5. The molecule has 0 aliphatic carbocycles. The summed E-state index contributed by atoms with van der Waals surface area (Å²) >= 11 is 6.07. The molecule has 0 spiro atoms. The summed E-state index contributed by atoms with van der Waals surface area (Å²) in [5.41, 5.74) is 0.252. The molecule has 34 heavy (non-hydrogen) atoms. The van der Waals surface area contributed by atoms with E-state index in [1.807, 2.05) is 0 Å². The maximum atomic E-state index is 14.4. The second-order valence-electron chi connectivity index (χ2n) is 8.04. The van der Waals surface area contributed by atoms with Gasteiger partial charge in [0, 0.05) is 23.2 Å². The lowest BCUT2D eigenvalue weighted by Gasteiger charge is -2.32. The Morgan fingerprint density at radius 1 is 1.15 bits per heavy atom. The molecule has 0 saturated heterocycles. The number of carbonyl (C=O) groups excluding carboxylic acids is 2. The van der Waals surface area contributed by atoms with Gasteiger partial charge in [-0.1, -0.05) is 29.8 Å².